The highest BCUT2D eigenvalue weighted by Crippen LogP contribution is 2.15. The van der Waals surface area contributed by atoms with E-state index in [1.54, 1.807) is 11.3 Å². The third kappa shape index (κ3) is 5.61. The zero-order valence-electron chi connectivity index (χ0n) is 10.9. The topological polar surface area (TPSA) is 48.1 Å². The second-order valence-electron chi connectivity index (χ2n) is 4.37. The Kier molecular flexibility index (Phi) is 7.40. The normalized spacial score (nSPS) is 12.9. The number of ether oxygens (including phenoxy) is 1. The van der Waals surface area contributed by atoms with Gasteiger partial charge in [-0.1, -0.05) is 33.1 Å². The molecule has 17 heavy (non-hydrogen) atoms. The summed E-state index contributed by atoms with van der Waals surface area (Å²) in [4.78, 5) is 4.38. The predicted molar refractivity (Wildman–Crippen MR) is 73.0 cm³/mol. The van der Waals surface area contributed by atoms with Gasteiger partial charge in [-0.05, 0) is 12.3 Å². The summed E-state index contributed by atoms with van der Waals surface area (Å²) in [6.07, 6.45) is 5.04. The van der Waals surface area contributed by atoms with Gasteiger partial charge in [-0.15, -0.1) is 11.3 Å². The van der Waals surface area contributed by atoms with Gasteiger partial charge in [0.05, 0.1) is 12.3 Å². The van der Waals surface area contributed by atoms with Crippen LogP contribution in [0.3, 0.4) is 0 Å². The first-order chi connectivity index (χ1) is 8.30. The maximum Gasteiger partial charge on any atom is 0.107 e. The molecule has 1 unspecified atom stereocenters. The van der Waals surface area contributed by atoms with Crippen LogP contribution in [0.1, 0.15) is 50.2 Å². The first-order valence-corrected chi connectivity index (χ1v) is 7.39. The van der Waals surface area contributed by atoms with Crippen molar-refractivity contribution < 1.29 is 4.74 Å². The summed E-state index contributed by atoms with van der Waals surface area (Å²) in [6, 6.07) is 0. The van der Waals surface area contributed by atoms with Crippen molar-refractivity contribution in [2.24, 2.45) is 11.7 Å². The second-order valence-corrected chi connectivity index (χ2v) is 5.31. The van der Waals surface area contributed by atoms with Crippen LogP contribution in [0.15, 0.2) is 5.38 Å². The molecule has 0 aliphatic heterocycles. The Morgan fingerprint density at radius 2 is 2.29 bits per heavy atom. The molecule has 1 atom stereocenters. The lowest BCUT2D eigenvalue weighted by Gasteiger charge is -2.13. The molecule has 98 valence electrons. The van der Waals surface area contributed by atoms with E-state index in [1.807, 2.05) is 5.38 Å². The molecule has 0 saturated carbocycles. The average Bonchev–Trinajstić information content (AvgIpc) is 2.81. The van der Waals surface area contributed by atoms with Crippen LogP contribution >= 0.6 is 11.3 Å². The monoisotopic (exact) mass is 256 g/mol. The van der Waals surface area contributed by atoms with E-state index < -0.39 is 0 Å². The molecule has 0 aliphatic rings. The highest BCUT2D eigenvalue weighted by molar-refractivity contribution is 7.09. The lowest BCUT2D eigenvalue weighted by Crippen LogP contribution is -2.09. The fourth-order valence-corrected chi connectivity index (χ4v) is 2.40. The van der Waals surface area contributed by atoms with Gasteiger partial charge < -0.3 is 10.5 Å². The summed E-state index contributed by atoms with van der Waals surface area (Å²) in [5.41, 5.74) is 6.54. The quantitative estimate of drug-likeness (QED) is 0.737. The third-order valence-electron chi connectivity index (χ3n) is 2.92. The van der Waals surface area contributed by atoms with Crippen LogP contribution in [-0.2, 0) is 17.9 Å². The van der Waals surface area contributed by atoms with Crippen LogP contribution in [0.5, 0.6) is 0 Å². The zero-order chi connectivity index (χ0) is 12.5. The molecule has 4 heteroatoms. The van der Waals surface area contributed by atoms with E-state index in [0.29, 0.717) is 19.1 Å². The predicted octanol–water partition coefficient (Wildman–Crippen LogP) is 3.33. The van der Waals surface area contributed by atoms with Crippen molar-refractivity contribution in [3.05, 3.63) is 16.1 Å². The molecular weight excluding hydrogens is 232 g/mol. The number of thiazole rings is 1. The Morgan fingerprint density at radius 3 is 2.88 bits per heavy atom. The van der Waals surface area contributed by atoms with Crippen molar-refractivity contribution in [2.75, 3.05) is 6.61 Å². The molecule has 1 heterocycles. The molecule has 0 saturated heterocycles. The minimum Gasteiger partial charge on any atom is -0.375 e. The fourth-order valence-electron chi connectivity index (χ4n) is 1.74. The van der Waals surface area contributed by atoms with Crippen molar-refractivity contribution in [3.63, 3.8) is 0 Å². The summed E-state index contributed by atoms with van der Waals surface area (Å²) >= 11 is 1.61. The van der Waals surface area contributed by atoms with Gasteiger partial charge >= 0.3 is 0 Å². The largest absolute Gasteiger partial charge is 0.375 e. The molecule has 0 radical (unpaired) electrons. The van der Waals surface area contributed by atoms with Crippen LogP contribution < -0.4 is 5.73 Å². The van der Waals surface area contributed by atoms with Crippen molar-refractivity contribution in [1.82, 2.24) is 4.98 Å². The number of aromatic nitrogens is 1. The SMILES string of the molecule is CCCCC(CC)COCc1csc(CN)n1. The highest BCUT2D eigenvalue weighted by Gasteiger charge is 2.07. The van der Waals surface area contributed by atoms with Gasteiger partial charge in [0.1, 0.15) is 5.01 Å². The Hall–Kier alpha value is -0.450. The number of hydrogen-bond acceptors (Lipinski definition) is 4. The Balaban J connectivity index is 2.21. The average molecular weight is 256 g/mol. The summed E-state index contributed by atoms with van der Waals surface area (Å²) in [7, 11) is 0. The summed E-state index contributed by atoms with van der Waals surface area (Å²) in [6.45, 7) is 6.47. The summed E-state index contributed by atoms with van der Waals surface area (Å²) in [5, 5.41) is 3.02. The van der Waals surface area contributed by atoms with E-state index in [1.165, 1.54) is 25.7 Å². The molecule has 0 fully saturated rings. The van der Waals surface area contributed by atoms with Crippen LogP contribution in [-0.4, -0.2) is 11.6 Å². The molecule has 0 aliphatic carbocycles. The minimum absolute atomic E-state index is 0.527. The Morgan fingerprint density at radius 1 is 1.47 bits per heavy atom. The van der Waals surface area contributed by atoms with Crippen molar-refractivity contribution >= 4 is 11.3 Å². The van der Waals surface area contributed by atoms with Gasteiger partial charge in [-0.2, -0.15) is 0 Å². The van der Waals surface area contributed by atoms with E-state index in [-0.39, 0.29) is 0 Å². The number of nitrogens with zero attached hydrogens (tertiary/aromatic N) is 1. The van der Waals surface area contributed by atoms with Crippen LogP contribution in [0.25, 0.3) is 0 Å². The molecule has 0 spiro atoms. The Bertz CT molecular complexity index is 301. The molecule has 0 amide bonds. The third-order valence-corrected chi connectivity index (χ3v) is 3.84. The maximum absolute atomic E-state index is 5.73. The number of unbranched alkanes of at least 4 members (excludes halogenated alkanes) is 1. The van der Waals surface area contributed by atoms with Gasteiger partial charge in [0, 0.05) is 18.5 Å². The Labute approximate surface area is 108 Å². The number of rotatable bonds is 9. The number of nitrogens with two attached hydrogens (primary N) is 1. The van der Waals surface area contributed by atoms with Crippen molar-refractivity contribution in [1.29, 1.82) is 0 Å². The van der Waals surface area contributed by atoms with Gasteiger partial charge in [-0.25, -0.2) is 4.98 Å². The molecular formula is C13H24N2OS. The summed E-state index contributed by atoms with van der Waals surface area (Å²) < 4.78 is 5.73. The van der Waals surface area contributed by atoms with E-state index in [0.717, 1.165) is 17.3 Å². The molecule has 1 rings (SSSR count). The van der Waals surface area contributed by atoms with Gasteiger partial charge in [0.15, 0.2) is 0 Å². The maximum atomic E-state index is 5.73. The first kappa shape index (κ1) is 14.6. The van der Waals surface area contributed by atoms with Crippen molar-refractivity contribution in [3.8, 4) is 0 Å². The van der Waals surface area contributed by atoms with Crippen molar-refractivity contribution in [2.45, 2.75) is 52.7 Å². The van der Waals surface area contributed by atoms with Crippen LogP contribution in [0.2, 0.25) is 0 Å². The van der Waals surface area contributed by atoms with Gasteiger partial charge in [-0.3, -0.25) is 0 Å². The molecule has 1 aromatic heterocycles. The second kappa shape index (κ2) is 8.61. The molecule has 0 bridgehead atoms. The molecule has 2 N–H and O–H groups in total. The van der Waals surface area contributed by atoms with E-state index in [9.17, 15) is 0 Å². The van der Waals surface area contributed by atoms with Crippen LogP contribution in [0.4, 0.5) is 0 Å². The minimum atomic E-state index is 0.527. The highest BCUT2D eigenvalue weighted by atomic mass is 32.1. The molecule has 3 nitrogen and oxygen atoms in total. The van der Waals surface area contributed by atoms with Gasteiger partial charge in [0.2, 0.25) is 0 Å². The zero-order valence-corrected chi connectivity index (χ0v) is 11.8. The van der Waals surface area contributed by atoms with Crippen LogP contribution in [0, 0.1) is 5.92 Å². The van der Waals surface area contributed by atoms with E-state index in [2.05, 4.69) is 18.8 Å². The lowest BCUT2D eigenvalue weighted by atomic mass is 10.0. The van der Waals surface area contributed by atoms with E-state index >= 15 is 0 Å². The smallest absolute Gasteiger partial charge is 0.107 e. The standard InChI is InChI=1S/C13H24N2OS/c1-3-5-6-11(4-2)8-16-9-12-10-17-13(7-14)15-12/h10-11H,3-9,14H2,1-2H3. The van der Waals surface area contributed by atoms with Gasteiger partial charge in [0.25, 0.3) is 0 Å². The van der Waals surface area contributed by atoms with E-state index in [4.69, 9.17) is 10.5 Å². The fraction of sp³-hybridized carbons (Fsp3) is 0.769. The first-order valence-electron chi connectivity index (χ1n) is 6.51. The number of hydrogen-bond donors (Lipinski definition) is 1. The lowest BCUT2D eigenvalue weighted by molar-refractivity contribution is 0.0802. The molecule has 1 aromatic rings. The molecule has 0 aromatic carbocycles. The summed E-state index contributed by atoms with van der Waals surface area (Å²) in [5.74, 6) is 0.697.